The van der Waals surface area contributed by atoms with E-state index in [4.69, 9.17) is 4.74 Å². The summed E-state index contributed by atoms with van der Waals surface area (Å²) in [6, 6.07) is 8.82. The van der Waals surface area contributed by atoms with Crippen molar-refractivity contribution >= 4 is 23.3 Å². The van der Waals surface area contributed by atoms with E-state index < -0.39 is 0 Å². The molecular weight excluding hydrogens is 308 g/mol. The number of thiocarbonyl (C=S) groups is 1. The van der Waals surface area contributed by atoms with Gasteiger partial charge in [0, 0.05) is 6.04 Å². The fourth-order valence-corrected chi connectivity index (χ4v) is 4.65. The Morgan fingerprint density at radius 1 is 1.30 bits per heavy atom. The minimum atomic E-state index is -0.113. The van der Waals surface area contributed by atoms with Crippen LogP contribution in [-0.2, 0) is 10.2 Å². The van der Waals surface area contributed by atoms with Crippen molar-refractivity contribution in [2.75, 3.05) is 7.11 Å². The van der Waals surface area contributed by atoms with E-state index in [9.17, 15) is 4.79 Å². The molecule has 0 saturated heterocycles. The van der Waals surface area contributed by atoms with E-state index in [2.05, 4.69) is 39.8 Å². The smallest absolute Gasteiger partial charge is 0.226 e. The average Bonchev–Trinajstić information content (AvgIpc) is 2.43. The van der Waals surface area contributed by atoms with E-state index in [0.29, 0.717) is 0 Å². The maximum absolute atomic E-state index is 12.5. The van der Waals surface area contributed by atoms with Crippen LogP contribution < -0.4 is 10.1 Å². The summed E-state index contributed by atoms with van der Waals surface area (Å²) in [4.78, 5) is 16.6. The zero-order chi connectivity index (χ0) is 16.1. The number of amides is 1. The monoisotopic (exact) mass is 328 g/mol. The number of aliphatic imine (C=N–C) groups is 1. The summed E-state index contributed by atoms with van der Waals surface area (Å²) in [6.45, 7) is 0. The minimum Gasteiger partial charge on any atom is -0.497 e. The standard InChI is InChI=1S/C18H20N2O2S/c1-22-15-4-2-12(3-5-15)17-8-18(9-17,10-17)16(21)20-14-6-13(7-14)19-11-23/h2-5,13-14H,6-10H2,1H3,(H,20,21). The summed E-state index contributed by atoms with van der Waals surface area (Å²) in [5.41, 5.74) is 1.46. The predicted molar refractivity (Wildman–Crippen MR) is 90.9 cm³/mol. The van der Waals surface area contributed by atoms with Crippen LogP contribution in [0.4, 0.5) is 0 Å². The van der Waals surface area contributed by atoms with Gasteiger partial charge in [-0.05, 0) is 67.4 Å². The Kier molecular flexibility index (Phi) is 3.33. The lowest BCUT2D eigenvalue weighted by molar-refractivity contribution is -0.177. The third-order valence-electron chi connectivity index (χ3n) is 5.90. The molecule has 4 aliphatic rings. The van der Waals surface area contributed by atoms with Gasteiger partial charge in [-0.25, -0.2) is 4.99 Å². The number of nitrogens with one attached hydrogen (secondary N) is 1. The lowest BCUT2D eigenvalue weighted by Gasteiger charge is -2.70. The number of nitrogens with zero attached hydrogens (tertiary/aromatic N) is 1. The Bertz CT molecular complexity index is 668. The molecule has 0 unspecified atom stereocenters. The molecule has 2 bridgehead atoms. The van der Waals surface area contributed by atoms with Crippen LogP contribution in [0.15, 0.2) is 29.3 Å². The summed E-state index contributed by atoms with van der Waals surface area (Å²) in [7, 11) is 1.68. The van der Waals surface area contributed by atoms with Crippen molar-refractivity contribution in [3.05, 3.63) is 29.8 Å². The number of carbonyl (C=O) groups excluding carboxylic acids is 1. The topological polar surface area (TPSA) is 50.7 Å². The molecular formula is C18H20N2O2S. The fourth-order valence-electron chi connectivity index (χ4n) is 4.50. The molecule has 4 aliphatic carbocycles. The van der Waals surface area contributed by atoms with E-state index >= 15 is 0 Å². The SMILES string of the molecule is COc1ccc(C23CC(C(=O)NC4CC(N=C=S)C4)(C2)C3)cc1. The summed E-state index contributed by atoms with van der Waals surface area (Å²) in [5.74, 6) is 1.12. The maximum atomic E-state index is 12.5. The number of hydrogen-bond donors (Lipinski definition) is 1. The number of rotatable bonds is 5. The van der Waals surface area contributed by atoms with Crippen LogP contribution in [0.2, 0.25) is 0 Å². The Balaban J connectivity index is 1.32. The van der Waals surface area contributed by atoms with E-state index in [1.165, 1.54) is 5.56 Å². The third kappa shape index (κ3) is 2.22. The number of methoxy groups -OCH3 is 1. The van der Waals surface area contributed by atoms with Gasteiger partial charge in [-0.2, -0.15) is 0 Å². The molecule has 1 N–H and O–H groups in total. The van der Waals surface area contributed by atoms with Gasteiger partial charge in [0.15, 0.2) is 0 Å². The van der Waals surface area contributed by atoms with Crippen LogP contribution in [0.3, 0.4) is 0 Å². The Morgan fingerprint density at radius 3 is 2.52 bits per heavy atom. The van der Waals surface area contributed by atoms with Crippen molar-refractivity contribution in [3.63, 3.8) is 0 Å². The highest BCUT2D eigenvalue weighted by atomic mass is 32.1. The van der Waals surface area contributed by atoms with Gasteiger partial charge in [-0.15, -0.1) is 0 Å². The zero-order valence-electron chi connectivity index (χ0n) is 13.2. The second kappa shape index (κ2) is 5.15. The van der Waals surface area contributed by atoms with Crippen molar-refractivity contribution < 1.29 is 9.53 Å². The normalized spacial score (nSPS) is 36.6. The summed E-state index contributed by atoms with van der Waals surface area (Å²) >= 11 is 4.61. The average molecular weight is 328 g/mol. The quantitative estimate of drug-likeness (QED) is 0.668. The molecule has 0 radical (unpaired) electrons. The van der Waals surface area contributed by atoms with Crippen LogP contribution in [0.5, 0.6) is 5.75 Å². The molecule has 1 amide bonds. The van der Waals surface area contributed by atoms with Crippen LogP contribution in [-0.4, -0.2) is 30.3 Å². The predicted octanol–water partition coefficient (Wildman–Crippen LogP) is 2.87. The van der Waals surface area contributed by atoms with Gasteiger partial charge < -0.3 is 10.1 Å². The molecule has 23 heavy (non-hydrogen) atoms. The number of benzene rings is 1. The van der Waals surface area contributed by atoms with Gasteiger partial charge in [0.1, 0.15) is 5.75 Å². The Morgan fingerprint density at radius 2 is 1.96 bits per heavy atom. The van der Waals surface area contributed by atoms with Crippen LogP contribution in [0.25, 0.3) is 0 Å². The van der Waals surface area contributed by atoms with E-state index in [1.54, 1.807) is 7.11 Å². The molecule has 5 heteroatoms. The second-order valence-corrected chi connectivity index (χ2v) is 7.52. The first kappa shape index (κ1) is 14.9. The lowest BCUT2D eigenvalue weighted by atomic mass is 9.33. The maximum Gasteiger partial charge on any atom is 0.226 e. The molecule has 4 fully saturated rings. The Hall–Kier alpha value is -1.71. The van der Waals surface area contributed by atoms with Crippen molar-refractivity contribution in [1.82, 2.24) is 5.32 Å². The molecule has 120 valence electrons. The molecule has 0 spiro atoms. The highest BCUT2D eigenvalue weighted by Crippen LogP contribution is 2.73. The van der Waals surface area contributed by atoms with E-state index in [-0.39, 0.29) is 28.8 Å². The van der Waals surface area contributed by atoms with Crippen LogP contribution in [0.1, 0.15) is 37.7 Å². The van der Waals surface area contributed by atoms with Gasteiger partial charge in [0.2, 0.25) is 5.91 Å². The molecule has 4 nitrogen and oxygen atoms in total. The summed E-state index contributed by atoms with van der Waals surface area (Å²) in [5, 5.41) is 5.61. The van der Waals surface area contributed by atoms with Crippen molar-refractivity contribution in [3.8, 4) is 5.75 Å². The summed E-state index contributed by atoms with van der Waals surface area (Å²) < 4.78 is 5.21. The number of carbonyl (C=O) groups is 1. The first-order valence-corrected chi connectivity index (χ1v) is 8.53. The third-order valence-corrected chi connectivity index (χ3v) is 6.00. The zero-order valence-corrected chi connectivity index (χ0v) is 14.0. The lowest BCUT2D eigenvalue weighted by Crippen LogP contribution is -2.71. The first-order chi connectivity index (χ1) is 11.1. The molecule has 0 aromatic heterocycles. The van der Waals surface area contributed by atoms with E-state index in [0.717, 1.165) is 37.9 Å². The van der Waals surface area contributed by atoms with Crippen LogP contribution >= 0.6 is 12.2 Å². The first-order valence-electron chi connectivity index (χ1n) is 8.12. The number of hydrogen-bond acceptors (Lipinski definition) is 4. The van der Waals surface area contributed by atoms with Gasteiger partial charge in [-0.3, -0.25) is 4.79 Å². The molecule has 4 saturated carbocycles. The molecule has 0 aliphatic heterocycles. The van der Waals surface area contributed by atoms with Crippen LogP contribution in [0, 0.1) is 5.41 Å². The molecule has 1 aromatic carbocycles. The molecule has 0 atom stereocenters. The molecule has 5 rings (SSSR count). The molecule has 0 heterocycles. The van der Waals surface area contributed by atoms with E-state index in [1.807, 2.05) is 12.1 Å². The number of isothiocyanates is 1. The van der Waals surface area contributed by atoms with Gasteiger partial charge in [-0.1, -0.05) is 12.1 Å². The van der Waals surface area contributed by atoms with Gasteiger partial charge in [0.25, 0.3) is 0 Å². The van der Waals surface area contributed by atoms with Gasteiger partial charge in [0.05, 0.1) is 23.7 Å². The molecule has 1 aromatic rings. The van der Waals surface area contributed by atoms with Gasteiger partial charge >= 0.3 is 0 Å². The fraction of sp³-hybridized carbons (Fsp3) is 0.556. The summed E-state index contributed by atoms with van der Waals surface area (Å²) in [6.07, 6.45) is 4.73. The number of ether oxygens (including phenoxy) is 1. The van der Waals surface area contributed by atoms with Crippen molar-refractivity contribution in [2.24, 2.45) is 10.4 Å². The highest BCUT2D eigenvalue weighted by Gasteiger charge is 2.71. The Labute approximate surface area is 141 Å². The second-order valence-electron chi connectivity index (χ2n) is 7.34. The minimum absolute atomic E-state index is 0.113. The van der Waals surface area contributed by atoms with Crippen molar-refractivity contribution in [1.29, 1.82) is 0 Å². The largest absolute Gasteiger partial charge is 0.497 e. The highest BCUT2D eigenvalue weighted by molar-refractivity contribution is 7.78. The van der Waals surface area contributed by atoms with Crippen molar-refractivity contribution in [2.45, 2.75) is 49.6 Å².